The molecule has 0 bridgehead atoms. The number of nitrogens with zero attached hydrogens (tertiary/aromatic N) is 1. The number of benzene rings is 1. The van der Waals surface area contributed by atoms with Crippen LogP contribution in [0.5, 0.6) is 11.5 Å². The SMILES string of the molecule is COc1ccc(OC)c(NC(N)=NCCC2=CCCCC2)c1.I. The summed E-state index contributed by atoms with van der Waals surface area (Å²) in [6.07, 6.45) is 8.34. The quantitative estimate of drug-likeness (QED) is 0.310. The molecule has 0 amide bonds. The van der Waals surface area contributed by atoms with E-state index in [1.54, 1.807) is 14.2 Å². The molecule has 0 radical (unpaired) electrons. The second-order valence-corrected chi connectivity index (χ2v) is 5.32. The van der Waals surface area contributed by atoms with Crippen LogP contribution in [0.1, 0.15) is 32.1 Å². The van der Waals surface area contributed by atoms with Gasteiger partial charge in [0.1, 0.15) is 11.5 Å². The summed E-state index contributed by atoms with van der Waals surface area (Å²) >= 11 is 0. The standard InChI is InChI=1S/C17H25N3O2.HI/c1-21-14-8-9-16(22-2)15(12-14)20-17(18)19-11-10-13-6-4-3-5-7-13;/h6,8-9,12H,3-5,7,10-11H2,1-2H3,(H3,18,19,20);1H. The number of hydrogen-bond acceptors (Lipinski definition) is 3. The first-order valence-electron chi connectivity index (χ1n) is 7.70. The van der Waals surface area contributed by atoms with Crippen LogP contribution in [-0.4, -0.2) is 26.7 Å². The molecule has 0 aromatic heterocycles. The van der Waals surface area contributed by atoms with E-state index in [2.05, 4.69) is 16.4 Å². The summed E-state index contributed by atoms with van der Waals surface area (Å²) in [4.78, 5) is 4.39. The number of hydrogen-bond donors (Lipinski definition) is 2. The van der Waals surface area contributed by atoms with Gasteiger partial charge in [-0.15, -0.1) is 24.0 Å². The predicted octanol–water partition coefficient (Wildman–Crippen LogP) is 3.94. The van der Waals surface area contributed by atoms with Gasteiger partial charge >= 0.3 is 0 Å². The number of nitrogens with one attached hydrogen (secondary N) is 1. The van der Waals surface area contributed by atoms with Gasteiger partial charge in [0.05, 0.1) is 19.9 Å². The van der Waals surface area contributed by atoms with Gasteiger partial charge in [-0.05, 0) is 44.2 Å². The molecule has 3 N–H and O–H groups in total. The molecule has 0 unspecified atom stereocenters. The molecule has 0 saturated carbocycles. The van der Waals surface area contributed by atoms with Crippen molar-refractivity contribution < 1.29 is 9.47 Å². The summed E-state index contributed by atoms with van der Waals surface area (Å²) in [5.74, 6) is 1.83. The van der Waals surface area contributed by atoms with Crippen LogP contribution in [0.25, 0.3) is 0 Å². The van der Waals surface area contributed by atoms with Crippen LogP contribution in [-0.2, 0) is 0 Å². The number of ether oxygens (including phenoxy) is 2. The van der Waals surface area contributed by atoms with Gasteiger partial charge in [0, 0.05) is 12.6 Å². The van der Waals surface area contributed by atoms with E-state index in [9.17, 15) is 0 Å². The van der Waals surface area contributed by atoms with Crippen LogP contribution in [0, 0.1) is 0 Å². The summed E-state index contributed by atoms with van der Waals surface area (Å²) in [6, 6.07) is 5.51. The summed E-state index contributed by atoms with van der Waals surface area (Å²) in [7, 11) is 3.25. The van der Waals surface area contributed by atoms with Crippen LogP contribution in [0.15, 0.2) is 34.8 Å². The Hall–Kier alpha value is -1.44. The van der Waals surface area contributed by atoms with Crippen molar-refractivity contribution in [2.75, 3.05) is 26.1 Å². The van der Waals surface area contributed by atoms with Crippen molar-refractivity contribution in [3.8, 4) is 11.5 Å². The molecule has 128 valence electrons. The molecule has 0 aliphatic heterocycles. The first kappa shape index (κ1) is 19.6. The number of aliphatic imine (C=N–C) groups is 1. The lowest BCUT2D eigenvalue weighted by Crippen LogP contribution is -2.23. The number of methoxy groups -OCH3 is 2. The molecule has 5 nitrogen and oxygen atoms in total. The van der Waals surface area contributed by atoms with E-state index in [1.165, 1.54) is 31.3 Å². The Morgan fingerprint density at radius 1 is 1.26 bits per heavy atom. The van der Waals surface area contributed by atoms with Crippen LogP contribution < -0.4 is 20.5 Å². The van der Waals surface area contributed by atoms with E-state index in [1.807, 2.05) is 18.2 Å². The van der Waals surface area contributed by atoms with Gasteiger partial charge < -0.3 is 20.5 Å². The normalized spacial score (nSPS) is 14.5. The Bertz CT molecular complexity index is 559. The van der Waals surface area contributed by atoms with Crippen molar-refractivity contribution in [3.63, 3.8) is 0 Å². The minimum Gasteiger partial charge on any atom is -0.497 e. The monoisotopic (exact) mass is 431 g/mol. The van der Waals surface area contributed by atoms with Crippen molar-refractivity contribution in [2.45, 2.75) is 32.1 Å². The summed E-state index contributed by atoms with van der Waals surface area (Å²) < 4.78 is 10.5. The van der Waals surface area contributed by atoms with E-state index >= 15 is 0 Å². The second-order valence-electron chi connectivity index (χ2n) is 5.32. The first-order valence-corrected chi connectivity index (χ1v) is 7.70. The molecule has 1 aliphatic rings. The lowest BCUT2D eigenvalue weighted by molar-refractivity contribution is 0.405. The summed E-state index contributed by atoms with van der Waals surface area (Å²) in [6.45, 7) is 0.705. The van der Waals surface area contributed by atoms with Crippen molar-refractivity contribution in [2.24, 2.45) is 10.7 Å². The third-order valence-corrected chi connectivity index (χ3v) is 3.77. The Labute approximate surface area is 155 Å². The summed E-state index contributed by atoms with van der Waals surface area (Å²) in [5.41, 5.74) is 8.21. The number of guanidine groups is 1. The molecular formula is C17H26IN3O2. The zero-order chi connectivity index (χ0) is 15.8. The molecule has 0 heterocycles. The van der Waals surface area contributed by atoms with Crippen molar-refractivity contribution in [3.05, 3.63) is 29.8 Å². The first-order chi connectivity index (χ1) is 10.7. The highest BCUT2D eigenvalue weighted by Gasteiger charge is 2.06. The minimum absolute atomic E-state index is 0. The number of halogens is 1. The topological polar surface area (TPSA) is 68.9 Å². The van der Waals surface area contributed by atoms with Gasteiger partial charge in [0.2, 0.25) is 0 Å². The molecule has 6 heteroatoms. The van der Waals surface area contributed by atoms with E-state index in [4.69, 9.17) is 15.2 Å². The Balaban J connectivity index is 0.00000264. The molecular weight excluding hydrogens is 405 g/mol. The zero-order valence-corrected chi connectivity index (χ0v) is 16.1. The molecule has 1 aromatic carbocycles. The maximum atomic E-state index is 5.96. The van der Waals surface area contributed by atoms with E-state index in [-0.39, 0.29) is 24.0 Å². The Morgan fingerprint density at radius 2 is 2.09 bits per heavy atom. The lowest BCUT2D eigenvalue weighted by atomic mass is 9.97. The molecule has 1 aliphatic carbocycles. The van der Waals surface area contributed by atoms with Gasteiger partial charge in [0.25, 0.3) is 0 Å². The highest BCUT2D eigenvalue weighted by molar-refractivity contribution is 14.0. The molecule has 0 atom stereocenters. The molecule has 1 aromatic rings. The van der Waals surface area contributed by atoms with Gasteiger partial charge in [-0.25, -0.2) is 0 Å². The maximum Gasteiger partial charge on any atom is 0.193 e. The largest absolute Gasteiger partial charge is 0.497 e. The smallest absolute Gasteiger partial charge is 0.193 e. The fourth-order valence-corrected chi connectivity index (χ4v) is 2.54. The zero-order valence-electron chi connectivity index (χ0n) is 13.8. The lowest BCUT2D eigenvalue weighted by Gasteiger charge is -2.13. The molecule has 23 heavy (non-hydrogen) atoms. The van der Waals surface area contributed by atoms with Gasteiger partial charge in [-0.3, -0.25) is 4.99 Å². The van der Waals surface area contributed by atoms with Crippen LogP contribution in [0.3, 0.4) is 0 Å². The number of allylic oxidation sites excluding steroid dienone is 1. The molecule has 0 spiro atoms. The van der Waals surface area contributed by atoms with Crippen LogP contribution in [0.2, 0.25) is 0 Å². The highest BCUT2D eigenvalue weighted by Crippen LogP contribution is 2.28. The minimum atomic E-state index is 0. The average molecular weight is 431 g/mol. The number of rotatable bonds is 6. The van der Waals surface area contributed by atoms with E-state index in [0.717, 1.165) is 17.9 Å². The van der Waals surface area contributed by atoms with E-state index in [0.29, 0.717) is 18.3 Å². The maximum absolute atomic E-state index is 5.96. The Morgan fingerprint density at radius 3 is 2.74 bits per heavy atom. The third kappa shape index (κ3) is 6.29. The van der Waals surface area contributed by atoms with Gasteiger partial charge in [-0.1, -0.05) is 11.6 Å². The number of nitrogens with two attached hydrogens (primary N) is 1. The van der Waals surface area contributed by atoms with Gasteiger partial charge in [0.15, 0.2) is 5.96 Å². The van der Waals surface area contributed by atoms with Crippen molar-refractivity contribution in [1.82, 2.24) is 0 Å². The van der Waals surface area contributed by atoms with Crippen molar-refractivity contribution in [1.29, 1.82) is 0 Å². The van der Waals surface area contributed by atoms with Gasteiger partial charge in [-0.2, -0.15) is 0 Å². The van der Waals surface area contributed by atoms with E-state index < -0.39 is 0 Å². The second kappa shape index (κ2) is 10.4. The van der Waals surface area contributed by atoms with Crippen LogP contribution >= 0.6 is 24.0 Å². The summed E-state index contributed by atoms with van der Waals surface area (Å²) in [5, 5.41) is 3.08. The Kier molecular flexibility index (Phi) is 8.83. The predicted molar refractivity (Wildman–Crippen MR) is 106 cm³/mol. The fraction of sp³-hybridized carbons (Fsp3) is 0.471. The fourth-order valence-electron chi connectivity index (χ4n) is 2.54. The molecule has 0 fully saturated rings. The van der Waals surface area contributed by atoms with Crippen LogP contribution in [0.4, 0.5) is 5.69 Å². The molecule has 0 saturated heterocycles. The number of anilines is 1. The molecule has 2 rings (SSSR count). The third-order valence-electron chi connectivity index (χ3n) is 3.77. The average Bonchev–Trinajstić information content (AvgIpc) is 2.55. The van der Waals surface area contributed by atoms with Crippen molar-refractivity contribution >= 4 is 35.6 Å². The highest BCUT2D eigenvalue weighted by atomic mass is 127.